The third kappa shape index (κ3) is 3.39. The Morgan fingerprint density at radius 3 is 2.37 bits per heavy atom. The highest BCUT2D eigenvalue weighted by Crippen LogP contribution is 2.41. The standard InChI is InChI=1S/C14H20ClNO3/c1-5-18-11-7-10(8(3)16)13(15)14(19-6-2)12(11)9(4)17/h7-8H,5-6,16H2,1-4H3/t8-/m1/s1. The maximum absolute atomic E-state index is 11.8. The molecule has 0 spiro atoms. The van der Waals surface area contributed by atoms with Gasteiger partial charge in [0.25, 0.3) is 0 Å². The zero-order valence-electron chi connectivity index (χ0n) is 11.7. The number of carbonyl (C=O) groups is 1. The van der Waals surface area contributed by atoms with Crippen LogP contribution in [0.2, 0.25) is 5.02 Å². The van der Waals surface area contributed by atoms with E-state index < -0.39 is 0 Å². The summed E-state index contributed by atoms with van der Waals surface area (Å²) in [6, 6.07) is 1.45. The monoisotopic (exact) mass is 285 g/mol. The third-order valence-electron chi connectivity index (χ3n) is 2.64. The van der Waals surface area contributed by atoms with Crippen molar-refractivity contribution in [3.8, 4) is 11.5 Å². The molecule has 0 saturated heterocycles. The molecule has 1 rings (SSSR count). The normalized spacial score (nSPS) is 12.1. The molecule has 0 aliphatic carbocycles. The van der Waals surface area contributed by atoms with Crippen molar-refractivity contribution < 1.29 is 14.3 Å². The summed E-state index contributed by atoms with van der Waals surface area (Å²) in [7, 11) is 0. The van der Waals surface area contributed by atoms with E-state index in [1.165, 1.54) is 6.92 Å². The van der Waals surface area contributed by atoms with Crippen LogP contribution in [0.1, 0.15) is 49.7 Å². The van der Waals surface area contributed by atoms with Gasteiger partial charge in [0.15, 0.2) is 11.5 Å². The molecule has 0 unspecified atom stereocenters. The zero-order chi connectivity index (χ0) is 14.6. The van der Waals surface area contributed by atoms with E-state index in [2.05, 4.69) is 0 Å². The van der Waals surface area contributed by atoms with Gasteiger partial charge in [0.05, 0.1) is 18.2 Å². The quantitative estimate of drug-likeness (QED) is 0.814. The van der Waals surface area contributed by atoms with Crippen molar-refractivity contribution in [2.45, 2.75) is 33.7 Å². The van der Waals surface area contributed by atoms with Gasteiger partial charge in [-0.05, 0) is 39.3 Å². The first-order valence-electron chi connectivity index (χ1n) is 6.32. The largest absolute Gasteiger partial charge is 0.493 e. The second kappa shape index (κ2) is 6.78. The number of hydrogen-bond acceptors (Lipinski definition) is 4. The van der Waals surface area contributed by atoms with Crippen LogP contribution in [-0.2, 0) is 0 Å². The van der Waals surface area contributed by atoms with Gasteiger partial charge in [-0.25, -0.2) is 0 Å². The molecule has 0 radical (unpaired) electrons. The molecule has 4 nitrogen and oxygen atoms in total. The summed E-state index contributed by atoms with van der Waals surface area (Å²) >= 11 is 6.29. The average molecular weight is 286 g/mol. The first kappa shape index (κ1) is 15.8. The molecule has 106 valence electrons. The Bertz CT molecular complexity index is 472. The highest BCUT2D eigenvalue weighted by atomic mass is 35.5. The molecule has 0 bridgehead atoms. The van der Waals surface area contributed by atoms with Crippen molar-refractivity contribution in [2.24, 2.45) is 5.73 Å². The van der Waals surface area contributed by atoms with Crippen molar-refractivity contribution in [2.75, 3.05) is 13.2 Å². The average Bonchev–Trinajstić information content (AvgIpc) is 2.32. The molecule has 1 atom stereocenters. The zero-order valence-corrected chi connectivity index (χ0v) is 12.5. The minimum atomic E-state index is -0.271. The van der Waals surface area contributed by atoms with Crippen molar-refractivity contribution in [3.63, 3.8) is 0 Å². The van der Waals surface area contributed by atoms with Crippen LogP contribution in [-0.4, -0.2) is 19.0 Å². The number of ether oxygens (including phenoxy) is 2. The lowest BCUT2D eigenvalue weighted by Gasteiger charge is -2.19. The fourth-order valence-corrected chi connectivity index (χ4v) is 2.22. The molecule has 0 fully saturated rings. The van der Waals surface area contributed by atoms with E-state index in [0.717, 1.165) is 0 Å². The van der Waals surface area contributed by atoms with Crippen LogP contribution in [0.5, 0.6) is 11.5 Å². The lowest BCUT2D eigenvalue weighted by molar-refractivity contribution is 0.101. The molecular formula is C14H20ClNO3. The Kier molecular flexibility index (Phi) is 5.63. The van der Waals surface area contributed by atoms with E-state index in [-0.39, 0.29) is 11.8 Å². The molecule has 0 aliphatic rings. The summed E-state index contributed by atoms with van der Waals surface area (Å²) in [5.74, 6) is 0.676. The Balaban J connectivity index is 3.57. The van der Waals surface area contributed by atoms with E-state index in [4.69, 9.17) is 26.8 Å². The molecule has 0 amide bonds. The van der Waals surface area contributed by atoms with Crippen LogP contribution < -0.4 is 15.2 Å². The molecule has 0 saturated carbocycles. The van der Waals surface area contributed by atoms with Gasteiger partial charge in [-0.1, -0.05) is 11.6 Å². The first-order valence-corrected chi connectivity index (χ1v) is 6.70. The molecule has 0 heterocycles. The van der Waals surface area contributed by atoms with Gasteiger partial charge in [-0.3, -0.25) is 4.79 Å². The van der Waals surface area contributed by atoms with E-state index in [0.29, 0.717) is 40.9 Å². The van der Waals surface area contributed by atoms with Gasteiger partial charge >= 0.3 is 0 Å². The van der Waals surface area contributed by atoms with Crippen LogP contribution in [0.4, 0.5) is 0 Å². The van der Waals surface area contributed by atoms with Gasteiger partial charge < -0.3 is 15.2 Å². The third-order valence-corrected chi connectivity index (χ3v) is 3.03. The van der Waals surface area contributed by atoms with Crippen molar-refractivity contribution in [3.05, 3.63) is 22.2 Å². The van der Waals surface area contributed by atoms with Gasteiger partial charge in [0.1, 0.15) is 11.3 Å². The number of nitrogens with two attached hydrogens (primary N) is 1. The van der Waals surface area contributed by atoms with Crippen molar-refractivity contribution in [1.82, 2.24) is 0 Å². The Morgan fingerprint density at radius 2 is 1.95 bits per heavy atom. The number of rotatable bonds is 6. The van der Waals surface area contributed by atoms with Gasteiger partial charge in [0.2, 0.25) is 0 Å². The molecular weight excluding hydrogens is 266 g/mol. The summed E-state index contributed by atoms with van der Waals surface area (Å²) in [5, 5.41) is 0.380. The highest BCUT2D eigenvalue weighted by molar-refractivity contribution is 6.33. The molecule has 19 heavy (non-hydrogen) atoms. The van der Waals surface area contributed by atoms with Crippen molar-refractivity contribution >= 4 is 17.4 Å². The second-order valence-electron chi connectivity index (χ2n) is 4.19. The molecule has 2 N–H and O–H groups in total. The van der Waals surface area contributed by atoms with E-state index in [1.54, 1.807) is 6.07 Å². The highest BCUT2D eigenvalue weighted by Gasteiger charge is 2.23. The van der Waals surface area contributed by atoms with Crippen LogP contribution in [0.3, 0.4) is 0 Å². The smallest absolute Gasteiger partial charge is 0.167 e. The van der Waals surface area contributed by atoms with Crippen LogP contribution in [0.15, 0.2) is 6.07 Å². The van der Waals surface area contributed by atoms with Crippen molar-refractivity contribution in [1.29, 1.82) is 0 Å². The molecule has 0 aliphatic heterocycles. The summed E-state index contributed by atoms with van der Waals surface area (Å²) < 4.78 is 11.0. The number of ketones is 1. The Hall–Kier alpha value is -1.26. The maximum atomic E-state index is 11.8. The van der Waals surface area contributed by atoms with Crippen LogP contribution in [0, 0.1) is 0 Å². The first-order chi connectivity index (χ1) is 8.93. The fourth-order valence-electron chi connectivity index (χ4n) is 1.84. The maximum Gasteiger partial charge on any atom is 0.167 e. The predicted octanol–water partition coefficient (Wildman–Crippen LogP) is 3.36. The summed E-state index contributed by atoms with van der Waals surface area (Å²) in [4.78, 5) is 11.8. The second-order valence-corrected chi connectivity index (χ2v) is 4.57. The minimum Gasteiger partial charge on any atom is -0.493 e. The fraction of sp³-hybridized carbons (Fsp3) is 0.500. The predicted molar refractivity (Wildman–Crippen MR) is 76.4 cm³/mol. The Morgan fingerprint density at radius 1 is 1.37 bits per heavy atom. The van der Waals surface area contributed by atoms with E-state index in [9.17, 15) is 4.79 Å². The Labute approximate surface area is 118 Å². The van der Waals surface area contributed by atoms with Gasteiger partial charge in [0, 0.05) is 6.04 Å². The van der Waals surface area contributed by atoms with Crippen LogP contribution >= 0.6 is 11.6 Å². The molecule has 0 aromatic heterocycles. The minimum absolute atomic E-state index is 0.148. The summed E-state index contributed by atoms with van der Waals surface area (Å²) in [6.45, 7) is 7.83. The van der Waals surface area contributed by atoms with E-state index >= 15 is 0 Å². The lowest BCUT2D eigenvalue weighted by atomic mass is 10.0. The summed E-state index contributed by atoms with van der Waals surface area (Å²) in [5.41, 5.74) is 6.97. The van der Waals surface area contributed by atoms with Gasteiger partial charge in [-0.15, -0.1) is 0 Å². The van der Waals surface area contributed by atoms with E-state index in [1.807, 2.05) is 20.8 Å². The number of carbonyl (C=O) groups excluding carboxylic acids is 1. The topological polar surface area (TPSA) is 61.6 Å². The van der Waals surface area contributed by atoms with Gasteiger partial charge in [-0.2, -0.15) is 0 Å². The number of hydrogen-bond donors (Lipinski definition) is 1. The molecule has 1 aromatic carbocycles. The molecule has 1 aromatic rings. The number of halogens is 1. The lowest BCUT2D eigenvalue weighted by Crippen LogP contribution is -2.11. The number of Topliss-reactive ketones (excluding diaryl/α,β-unsaturated/α-hetero) is 1. The summed E-state index contributed by atoms with van der Waals surface area (Å²) in [6.07, 6.45) is 0. The number of benzene rings is 1. The van der Waals surface area contributed by atoms with Crippen LogP contribution in [0.25, 0.3) is 0 Å². The SMILES string of the molecule is CCOc1cc([C@@H](C)N)c(Cl)c(OCC)c1C(C)=O. The molecule has 5 heteroatoms.